The molecule has 0 radical (unpaired) electrons. The average Bonchev–Trinajstić information content (AvgIpc) is 2.53. The van der Waals surface area contributed by atoms with Crippen LogP contribution in [0.1, 0.15) is 0 Å². The topological polar surface area (TPSA) is 70.7 Å². The molecule has 8 heteroatoms. The van der Waals surface area contributed by atoms with Gasteiger partial charge in [0.25, 0.3) is 0 Å². The highest BCUT2D eigenvalue weighted by Gasteiger charge is 2.12. The van der Waals surface area contributed by atoms with E-state index in [1.807, 2.05) is 0 Å². The number of nitrogens with one attached hydrogen (secondary N) is 2. The lowest BCUT2D eigenvalue weighted by Crippen LogP contribution is -2.36. The highest BCUT2D eigenvalue weighted by molar-refractivity contribution is 6.35. The first-order chi connectivity index (χ1) is 12.4. The van der Waals surface area contributed by atoms with Crippen molar-refractivity contribution < 1.29 is 14.3 Å². The second-order valence-electron chi connectivity index (χ2n) is 5.66. The zero-order valence-electron chi connectivity index (χ0n) is 14.4. The third kappa shape index (κ3) is 6.55. The lowest BCUT2D eigenvalue weighted by molar-refractivity contribution is -0.119. The third-order valence-corrected chi connectivity index (χ3v) is 3.76. The molecule has 0 saturated carbocycles. The lowest BCUT2D eigenvalue weighted by Gasteiger charge is -2.16. The number of ether oxygens (including phenoxy) is 1. The van der Waals surface area contributed by atoms with Gasteiger partial charge in [-0.2, -0.15) is 0 Å². The summed E-state index contributed by atoms with van der Waals surface area (Å²) in [5.41, 5.74) is 1.13. The van der Waals surface area contributed by atoms with Gasteiger partial charge in [-0.15, -0.1) is 0 Å². The van der Waals surface area contributed by atoms with E-state index in [4.69, 9.17) is 27.9 Å². The molecule has 0 fully saturated rings. The number of hydrogen-bond acceptors (Lipinski definition) is 4. The van der Waals surface area contributed by atoms with Crippen molar-refractivity contribution in [1.29, 1.82) is 0 Å². The molecule has 0 aliphatic rings. The van der Waals surface area contributed by atoms with Gasteiger partial charge in [-0.05, 0) is 37.4 Å². The fourth-order valence-electron chi connectivity index (χ4n) is 2.27. The smallest absolute Gasteiger partial charge is 0.238 e. The van der Waals surface area contributed by atoms with Gasteiger partial charge in [0.15, 0.2) is 0 Å². The van der Waals surface area contributed by atoms with Crippen LogP contribution in [0.5, 0.6) is 5.75 Å². The summed E-state index contributed by atoms with van der Waals surface area (Å²) in [5, 5.41) is 6.31. The molecule has 26 heavy (non-hydrogen) atoms. The van der Waals surface area contributed by atoms with Crippen LogP contribution in [0.4, 0.5) is 11.4 Å². The van der Waals surface area contributed by atoms with Crippen molar-refractivity contribution in [3.8, 4) is 5.75 Å². The third-order valence-electron chi connectivity index (χ3n) is 3.33. The van der Waals surface area contributed by atoms with E-state index < -0.39 is 0 Å². The number of rotatable bonds is 7. The second-order valence-corrected chi connectivity index (χ2v) is 6.53. The largest absolute Gasteiger partial charge is 0.497 e. The molecule has 0 atom stereocenters. The molecule has 0 saturated heterocycles. The van der Waals surface area contributed by atoms with Crippen LogP contribution in [0.25, 0.3) is 0 Å². The predicted octanol–water partition coefficient (Wildman–Crippen LogP) is 3.51. The number of nitrogens with zero attached hydrogens (tertiary/aromatic N) is 1. The van der Waals surface area contributed by atoms with Crippen LogP contribution in [0.15, 0.2) is 42.5 Å². The van der Waals surface area contributed by atoms with Crippen LogP contribution in [-0.2, 0) is 9.59 Å². The summed E-state index contributed by atoms with van der Waals surface area (Å²) in [5.74, 6) is 0.134. The molecule has 0 bridgehead atoms. The van der Waals surface area contributed by atoms with Gasteiger partial charge in [-0.1, -0.05) is 29.3 Å². The first-order valence-corrected chi connectivity index (χ1v) is 8.49. The summed E-state index contributed by atoms with van der Waals surface area (Å²) < 4.78 is 5.11. The Labute approximate surface area is 162 Å². The van der Waals surface area contributed by atoms with Gasteiger partial charge in [0.2, 0.25) is 11.8 Å². The Morgan fingerprint density at radius 3 is 2.12 bits per heavy atom. The van der Waals surface area contributed by atoms with Gasteiger partial charge in [0.1, 0.15) is 5.75 Å². The first-order valence-electron chi connectivity index (χ1n) is 7.74. The Bertz CT molecular complexity index is 779. The van der Waals surface area contributed by atoms with Crippen molar-refractivity contribution in [2.45, 2.75) is 0 Å². The normalized spacial score (nSPS) is 10.5. The van der Waals surface area contributed by atoms with Gasteiger partial charge < -0.3 is 15.4 Å². The number of likely N-dealkylation sites (N-methyl/N-ethyl adjacent to an activating group) is 1. The van der Waals surface area contributed by atoms with Crippen LogP contribution in [-0.4, -0.2) is 44.0 Å². The van der Waals surface area contributed by atoms with Crippen LogP contribution in [0.2, 0.25) is 10.0 Å². The van der Waals surface area contributed by atoms with Crippen LogP contribution >= 0.6 is 23.2 Å². The molecule has 2 N–H and O–H groups in total. The molecule has 2 amide bonds. The molecule has 2 rings (SSSR count). The number of carbonyl (C=O) groups is 2. The van der Waals surface area contributed by atoms with Gasteiger partial charge in [-0.25, -0.2) is 0 Å². The fraction of sp³-hybridized carbons (Fsp3) is 0.222. The summed E-state index contributed by atoms with van der Waals surface area (Å²) in [6.45, 7) is 0.0938. The number of anilines is 2. The molecule has 138 valence electrons. The SMILES string of the molecule is COc1cccc(NC(=O)CN(C)CC(=O)Nc2cc(Cl)cc(Cl)c2)c1. The van der Waals surface area contributed by atoms with E-state index in [0.29, 0.717) is 27.2 Å². The lowest BCUT2D eigenvalue weighted by atomic mass is 10.3. The molecule has 2 aromatic carbocycles. The summed E-state index contributed by atoms with van der Waals surface area (Å²) in [7, 11) is 3.23. The van der Waals surface area contributed by atoms with Crippen molar-refractivity contribution in [3.05, 3.63) is 52.5 Å². The van der Waals surface area contributed by atoms with Gasteiger partial charge in [0, 0.05) is 27.5 Å². The van der Waals surface area contributed by atoms with E-state index in [-0.39, 0.29) is 24.9 Å². The molecule has 0 unspecified atom stereocenters. The van der Waals surface area contributed by atoms with Gasteiger partial charge in [-0.3, -0.25) is 14.5 Å². The summed E-state index contributed by atoms with van der Waals surface area (Å²) >= 11 is 11.8. The highest BCUT2D eigenvalue weighted by Crippen LogP contribution is 2.22. The standard InChI is InChI=1S/C18H19Cl2N3O3/c1-23(10-17(24)21-14-4-3-5-16(9-14)26-2)11-18(25)22-15-7-12(19)6-13(20)8-15/h3-9H,10-11H2,1-2H3,(H,21,24)(H,22,25). The Hall–Kier alpha value is -2.28. The molecular weight excluding hydrogens is 377 g/mol. The molecule has 0 aliphatic carbocycles. The number of carbonyl (C=O) groups excluding carboxylic acids is 2. The Balaban J connectivity index is 1.83. The molecule has 2 aromatic rings. The minimum atomic E-state index is -0.278. The Morgan fingerprint density at radius 2 is 1.54 bits per heavy atom. The molecular formula is C18H19Cl2N3O3. The fourth-order valence-corrected chi connectivity index (χ4v) is 2.80. The summed E-state index contributed by atoms with van der Waals surface area (Å²) in [4.78, 5) is 25.8. The van der Waals surface area contributed by atoms with Crippen molar-refractivity contribution in [3.63, 3.8) is 0 Å². The van der Waals surface area contributed by atoms with Crippen molar-refractivity contribution in [1.82, 2.24) is 4.90 Å². The maximum Gasteiger partial charge on any atom is 0.238 e. The van der Waals surface area contributed by atoms with E-state index in [2.05, 4.69) is 10.6 Å². The Kier molecular flexibility index (Phi) is 7.26. The monoisotopic (exact) mass is 395 g/mol. The van der Waals surface area contributed by atoms with E-state index in [1.165, 1.54) is 0 Å². The van der Waals surface area contributed by atoms with Gasteiger partial charge in [0.05, 0.1) is 20.2 Å². The highest BCUT2D eigenvalue weighted by atomic mass is 35.5. The van der Waals surface area contributed by atoms with Crippen molar-refractivity contribution >= 4 is 46.4 Å². The number of halogens is 2. The molecule has 0 spiro atoms. The quantitative estimate of drug-likeness (QED) is 0.752. The summed E-state index contributed by atoms with van der Waals surface area (Å²) in [6.07, 6.45) is 0. The van der Waals surface area contributed by atoms with Crippen molar-refractivity contribution in [2.24, 2.45) is 0 Å². The van der Waals surface area contributed by atoms with Crippen LogP contribution in [0.3, 0.4) is 0 Å². The summed E-state index contributed by atoms with van der Waals surface area (Å²) in [6, 6.07) is 11.8. The minimum absolute atomic E-state index is 0.0374. The van der Waals surface area contributed by atoms with E-state index in [9.17, 15) is 9.59 Å². The number of benzene rings is 2. The van der Waals surface area contributed by atoms with Crippen LogP contribution < -0.4 is 15.4 Å². The van der Waals surface area contributed by atoms with Gasteiger partial charge >= 0.3 is 0 Å². The number of methoxy groups -OCH3 is 1. The molecule has 6 nitrogen and oxygen atoms in total. The number of amides is 2. The van der Waals surface area contributed by atoms with E-state index >= 15 is 0 Å². The first kappa shape index (κ1) is 20.0. The Morgan fingerprint density at radius 1 is 0.962 bits per heavy atom. The second kappa shape index (κ2) is 9.43. The number of hydrogen-bond donors (Lipinski definition) is 2. The molecule has 0 aromatic heterocycles. The maximum atomic E-state index is 12.1. The predicted molar refractivity (Wildman–Crippen MR) is 104 cm³/mol. The van der Waals surface area contributed by atoms with E-state index in [1.54, 1.807) is 61.5 Å². The van der Waals surface area contributed by atoms with E-state index in [0.717, 1.165) is 0 Å². The van der Waals surface area contributed by atoms with Crippen LogP contribution in [0, 0.1) is 0 Å². The molecule has 0 aliphatic heterocycles. The van der Waals surface area contributed by atoms with Crippen molar-refractivity contribution in [2.75, 3.05) is 37.9 Å². The minimum Gasteiger partial charge on any atom is -0.497 e. The zero-order valence-corrected chi connectivity index (χ0v) is 15.9. The molecule has 0 heterocycles. The average molecular weight is 396 g/mol. The maximum absolute atomic E-state index is 12.1. The zero-order chi connectivity index (χ0) is 19.1.